The predicted molar refractivity (Wildman–Crippen MR) is 113 cm³/mol. The molecule has 1 aliphatic heterocycles. The molecule has 0 aromatic heterocycles. The molecule has 0 spiro atoms. The fourth-order valence-corrected chi connectivity index (χ4v) is 5.57. The van der Waals surface area contributed by atoms with E-state index in [1.807, 2.05) is 24.3 Å². The van der Waals surface area contributed by atoms with Gasteiger partial charge in [0.15, 0.2) is 0 Å². The van der Waals surface area contributed by atoms with Crippen LogP contribution in [0.4, 0.5) is 0 Å². The number of halogens is 2. The van der Waals surface area contributed by atoms with E-state index in [9.17, 15) is 13.2 Å². The van der Waals surface area contributed by atoms with E-state index in [1.165, 1.54) is 23.5 Å². The van der Waals surface area contributed by atoms with Crippen molar-refractivity contribution in [1.82, 2.24) is 4.31 Å². The van der Waals surface area contributed by atoms with Gasteiger partial charge in [-0.15, -0.1) is 0 Å². The van der Waals surface area contributed by atoms with Crippen LogP contribution in [0.2, 0.25) is 10.0 Å². The van der Waals surface area contributed by atoms with Crippen molar-refractivity contribution in [3.05, 3.63) is 75.8 Å². The van der Waals surface area contributed by atoms with Crippen molar-refractivity contribution < 1.29 is 17.9 Å². The Morgan fingerprint density at radius 3 is 2.45 bits per heavy atom. The van der Waals surface area contributed by atoms with E-state index >= 15 is 0 Å². The van der Waals surface area contributed by atoms with E-state index < -0.39 is 21.9 Å². The van der Waals surface area contributed by atoms with Crippen molar-refractivity contribution in [2.45, 2.75) is 17.4 Å². The van der Waals surface area contributed by atoms with Crippen LogP contribution in [0.15, 0.2) is 59.5 Å². The molecular weight excluding hydrogens is 433 g/mol. The van der Waals surface area contributed by atoms with Crippen LogP contribution < -0.4 is 0 Å². The number of benzene rings is 3. The van der Waals surface area contributed by atoms with Gasteiger partial charge in [-0.3, -0.25) is 4.79 Å². The van der Waals surface area contributed by atoms with Gasteiger partial charge in [-0.25, -0.2) is 8.42 Å². The quantitative estimate of drug-likeness (QED) is 0.547. The normalized spacial score (nSPS) is 17.1. The zero-order chi connectivity index (χ0) is 20.8. The number of nitrogens with zero attached hydrogens (tertiary/aromatic N) is 1. The number of carbonyl (C=O) groups is 1. The Morgan fingerprint density at radius 2 is 1.72 bits per heavy atom. The molecule has 0 saturated carbocycles. The van der Waals surface area contributed by atoms with Gasteiger partial charge in [-0.1, -0.05) is 53.5 Å². The number of carbonyl (C=O) groups excluding carboxylic acids is 1. The van der Waals surface area contributed by atoms with Crippen molar-refractivity contribution in [3.8, 4) is 0 Å². The maximum atomic E-state index is 13.4. The van der Waals surface area contributed by atoms with Gasteiger partial charge < -0.3 is 4.74 Å². The van der Waals surface area contributed by atoms with Crippen molar-refractivity contribution in [2.75, 3.05) is 13.7 Å². The first-order valence-corrected chi connectivity index (χ1v) is 11.1. The highest BCUT2D eigenvalue weighted by atomic mass is 35.5. The van der Waals surface area contributed by atoms with Crippen molar-refractivity contribution >= 4 is 50.0 Å². The minimum Gasteiger partial charge on any atom is -0.469 e. The Hall–Kier alpha value is -2.12. The summed E-state index contributed by atoms with van der Waals surface area (Å²) in [5.41, 5.74) is 1.57. The van der Waals surface area contributed by atoms with Gasteiger partial charge in [0.2, 0.25) is 10.0 Å². The van der Waals surface area contributed by atoms with Gasteiger partial charge in [-0.05, 0) is 35.4 Å². The standard InChI is InChI=1S/C21H17Cl2NO4S/c1-28-21(25)18-12-24(11-13-4-2-3-5-15(13)18)29(26,27)14-6-7-16-17(10-14)20(23)9-8-19(16)22/h2-10,18H,11-12H2,1H3. The summed E-state index contributed by atoms with van der Waals surface area (Å²) in [5, 5.41) is 2.14. The molecule has 1 atom stereocenters. The first-order chi connectivity index (χ1) is 13.8. The second-order valence-corrected chi connectivity index (χ2v) is 9.56. The van der Waals surface area contributed by atoms with E-state index in [0.717, 1.165) is 11.1 Å². The molecule has 3 aromatic carbocycles. The minimum absolute atomic E-state index is 0.00728. The highest BCUT2D eigenvalue weighted by Crippen LogP contribution is 2.35. The Kier molecular flexibility index (Phi) is 5.29. The molecule has 1 heterocycles. The molecule has 0 aliphatic carbocycles. The summed E-state index contributed by atoms with van der Waals surface area (Å²) in [7, 11) is -2.58. The third-order valence-electron chi connectivity index (χ3n) is 5.17. The van der Waals surface area contributed by atoms with Crippen LogP contribution in [0.1, 0.15) is 17.0 Å². The summed E-state index contributed by atoms with van der Waals surface area (Å²) in [4.78, 5) is 12.4. The average molecular weight is 450 g/mol. The third kappa shape index (κ3) is 3.51. The van der Waals surface area contributed by atoms with Crippen LogP contribution in [0.25, 0.3) is 10.8 Å². The van der Waals surface area contributed by atoms with E-state index in [-0.39, 0.29) is 18.0 Å². The topological polar surface area (TPSA) is 63.7 Å². The van der Waals surface area contributed by atoms with Gasteiger partial charge in [0, 0.05) is 33.9 Å². The number of ether oxygens (including phenoxy) is 1. The van der Waals surface area contributed by atoms with Crippen LogP contribution in [0, 0.1) is 0 Å². The number of hydrogen-bond acceptors (Lipinski definition) is 4. The van der Waals surface area contributed by atoms with Gasteiger partial charge in [0.1, 0.15) is 0 Å². The van der Waals surface area contributed by atoms with Crippen LogP contribution in [0.5, 0.6) is 0 Å². The molecule has 4 rings (SSSR count). The van der Waals surface area contributed by atoms with E-state index in [4.69, 9.17) is 27.9 Å². The minimum atomic E-state index is -3.88. The molecule has 5 nitrogen and oxygen atoms in total. The Labute approximate surface area is 178 Å². The molecule has 1 aliphatic rings. The lowest BCUT2D eigenvalue weighted by molar-refractivity contribution is -0.142. The highest BCUT2D eigenvalue weighted by Gasteiger charge is 2.37. The number of rotatable bonds is 3. The zero-order valence-corrected chi connectivity index (χ0v) is 17.8. The molecule has 0 bridgehead atoms. The molecule has 0 radical (unpaired) electrons. The van der Waals surface area contributed by atoms with Crippen molar-refractivity contribution in [1.29, 1.82) is 0 Å². The molecule has 150 valence electrons. The van der Waals surface area contributed by atoms with Gasteiger partial charge in [0.25, 0.3) is 0 Å². The predicted octanol–water partition coefficient (Wildman–Crippen LogP) is 4.61. The lowest BCUT2D eigenvalue weighted by atomic mass is 9.91. The highest BCUT2D eigenvalue weighted by molar-refractivity contribution is 7.89. The fourth-order valence-electron chi connectivity index (χ4n) is 3.67. The SMILES string of the molecule is COC(=O)C1CN(S(=O)(=O)c2ccc3c(Cl)ccc(Cl)c3c2)Cc2ccccc21. The number of methoxy groups -OCH3 is 1. The molecule has 0 fully saturated rings. The zero-order valence-electron chi connectivity index (χ0n) is 15.4. The summed E-state index contributed by atoms with van der Waals surface area (Å²) in [5.74, 6) is -1.15. The fraction of sp³-hybridized carbons (Fsp3) is 0.190. The second-order valence-electron chi connectivity index (χ2n) is 6.81. The van der Waals surface area contributed by atoms with Crippen LogP contribution in [-0.4, -0.2) is 32.3 Å². The van der Waals surface area contributed by atoms with Crippen molar-refractivity contribution in [2.24, 2.45) is 0 Å². The molecule has 8 heteroatoms. The smallest absolute Gasteiger partial charge is 0.314 e. The summed E-state index contributed by atoms with van der Waals surface area (Å²) in [6, 6.07) is 15.3. The van der Waals surface area contributed by atoms with Crippen LogP contribution >= 0.6 is 23.2 Å². The first kappa shape index (κ1) is 20.2. The van der Waals surface area contributed by atoms with Crippen molar-refractivity contribution in [3.63, 3.8) is 0 Å². The summed E-state index contributed by atoms with van der Waals surface area (Å²) >= 11 is 12.5. The van der Waals surface area contributed by atoms with Gasteiger partial charge >= 0.3 is 5.97 Å². The van der Waals surface area contributed by atoms with Gasteiger partial charge in [0.05, 0.1) is 17.9 Å². The Morgan fingerprint density at radius 1 is 1.03 bits per heavy atom. The average Bonchev–Trinajstić information content (AvgIpc) is 2.74. The van der Waals surface area contributed by atoms with E-state index in [2.05, 4.69) is 0 Å². The maximum absolute atomic E-state index is 13.4. The summed E-state index contributed by atoms with van der Waals surface area (Å²) in [6.07, 6.45) is 0. The monoisotopic (exact) mass is 449 g/mol. The number of esters is 1. The van der Waals surface area contributed by atoms with Crippen LogP contribution in [-0.2, 0) is 26.1 Å². The molecule has 1 unspecified atom stereocenters. The van der Waals surface area contributed by atoms with Gasteiger partial charge in [-0.2, -0.15) is 4.31 Å². The third-order valence-corrected chi connectivity index (χ3v) is 7.64. The van der Waals surface area contributed by atoms with E-state index in [0.29, 0.717) is 20.8 Å². The largest absolute Gasteiger partial charge is 0.469 e. The molecular formula is C21H17Cl2NO4S. The number of sulfonamides is 1. The Bertz CT molecular complexity index is 1230. The van der Waals surface area contributed by atoms with Crippen LogP contribution in [0.3, 0.4) is 0 Å². The number of hydrogen-bond donors (Lipinski definition) is 0. The Balaban J connectivity index is 1.79. The lowest BCUT2D eigenvalue weighted by Gasteiger charge is -2.32. The molecule has 29 heavy (non-hydrogen) atoms. The van der Waals surface area contributed by atoms with E-state index in [1.54, 1.807) is 18.2 Å². The summed E-state index contributed by atoms with van der Waals surface area (Å²) < 4.78 is 33.0. The molecule has 0 saturated heterocycles. The molecule has 3 aromatic rings. The lowest BCUT2D eigenvalue weighted by Crippen LogP contribution is -2.40. The number of fused-ring (bicyclic) bond motifs is 2. The molecule has 0 N–H and O–H groups in total. The summed E-state index contributed by atoms with van der Waals surface area (Å²) in [6.45, 7) is 0.181. The molecule has 0 amide bonds. The maximum Gasteiger partial charge on any atom is 0.314 e. The second kappa shape index (κ2) is 7.61. The first-order valence-electron chi connectivity index (χ1n) is 8.86.